The number of hydrogen-bond acceptors (Lipinski definition) is 4. The first kappa shape index (κ1) is 17.1. The molecular formula is C18H18N4O2S. The van der Waals surface area contributed by atoms with Crippen LogP contribution in [0, 0.1) is 0 Å². The Bertz CT molecular complexity index is 908. The SMILES string of the molecule is O=S(=O)(C=Cc1ccccc1)NC(Cn1nccn1)c1ccccc1. The lowest BCUT2D eigenvalue weighted by atomic mass is 10.1. The minimum absolute atomic E-state index is 0.301. The highest BCUT2D eigenvalue weighted by Crippen LogP contribution is 2.16. The third kappa shape index (κ3) is 5.10. The summed E-state index contributed by atoms with van der Waals surface area (Å²) in [5, 5.41) is 9.29. The lowest BCUT2D eigenvalue weighted by Crippen LogP contribution is -2.30. The molecule has 0 bridgehead atoms. The summed E-state index contributed by atoms with van der Waals surface area (Å²) < 4.78 is 27.6. The van der Waals surface area contributed by atoms with Gasteiger partial charge in [-0.2, -0.15) is 15.0 Å². The molecule has 6 nitrogen and oxygen atoms in total. The van der Waals surface area contributed by atoms with Crippen molar-refractivity contribution in [2.75, 3.05) is 0 Å². The highest BCUT2D eigenvalue weighted by molar-refractivity contribution is 7.92. The monoisotopic (exact) mass is 354 g/mol. The van der Waals surface area contributed by atoms with Gasteiger partial charge in [0, 0.05) is 5.41 Å². The molecule has 3 aromatic rings. The molecule has 0 aliphatic carbocycles. The highest BCUT2D eigenvalue weighted by atomic mass is 32.2. The number of aromatic nitrogens is 3. The Hall–Kier alpha value is -2.77. The zero-order valence-electron chi connectivity index (χ0n) is 13.4. The molecule has 1 aromatic heterocycles. The second-order valence-electron chi connectivity index (χ2n) is 5.42. The van der Waals surface area contributed by atoms with Gasteiger partial charge in [-0.15, -0.1) is 0 Å². The second-order valence-corrected chi connectivity index (χ2v) is 7.02. The summed E-state index contributed by atoms with van der Waals surface area (Å²) in [6, 6.07) is 18.2. The molecule has 7 heteroatoms. The Balaban J connectivity index is 1.80. The molecule has 0 spiro atoms. The number of sulfonamides is 1. The quantitative estimate of drug-likeness (QED) is 0.707. The van der Waals surface area contributed by atoms with E-state index in [-0.39, 0.29) is 0 Å². The van der Waals surface area contributed by atoms with Crippen molar-refractivity contribution in [1.82, 2.24) is 19.7 Å². The Kier molecular flexibility index (Phi) is 5.37. The summed E-state index contributed by atoms with van der Waals surface area (Å²) >= 11 is 0. The Morgan fingerprint density at radius 2 is 1.56 bits per heavy atom. The third-order valence-corrected chi connectivity index (χ3v) is 4.67. The van der Waals surface area contributed by atoms with Gasteiger partial charge in [0.25, 0.3) is 0 Å². The molecule has 2 aromatic carbocycles. The van der Waals surface area contributed by atoms with E-state index in [0.29, 0.717) is 6.54 Å². The van der Waals surface area contributed by atoms with E-state index in [1.807, 2.05) is 60.7 Å². The summed E-state index contributed by atoms with van der Waals surface area (Å²) in [5.74, 6) is 0. The Labute approximate surface area is 146 Å². The maximum absolute atomic E-state index is 12.5. The Morgan fingerprint density at radius 3 is 2.20 bits per heavy atom. The lowest BCUT2D eigenvalue weighted by molar-refractivity contribution is 0.446. The second kappa shape index (κ2) is 7.87. The molecule has 1 atom stereocenters. The van der Waals surface area contributed by atoms with Gasteiger partial charge >= 0.3 is 0 Å². The van der Waals surface area contributed by atoms with Crippen LogP contribution in [-0.4, -0.2) is 23.4 Å². The predicted molar refractivity (Wildman–Crippen MR) is 96.7 cm³/mol. The van der Waals surface area contributed by atoms with Crippen LogP contribution < -0.4 is 4.72 Å². The minimum Gasteiger partial charge on any atom is -0.208 e. The maximum atomic E-state index is 12.5. The van der Waals surface area contributed by atoms with Crippen LogP contribution in [0.4, 0.5) is 0 Å². The molecule has 25 heavy (non-hydrogen) atoms. The number of benzene rings is 2. The fourth-order valence-corrected chi connectivity index (χ4v) is 3.39. The van der Waals surface area contributed by atoms with Gasteiger partial charge in [0.15, 0.2) is 0 Å². The average molecular weight is 354 g/mol. The van der Waals surface area contributed by atoms with Gasteiger partial charge in [-0.1, -0.05) is 60.7 Å². The molecule has 1 heterocycles. The maximum Gasteiger partial charge on any atom is 0.234 e. The van der Waals surface area contributed by atoms with E-state index >= 15 is 0 Å². The van der Waals surface area contributed by atoms with Crippen LogP contribution in [0.1, 0.15) is 17.2 Å². The number of nitrogens with one attached hydrogen (secondary N) is 1. The largest absolute Gasteiger partial charge is 0.234 e. The third-order valence-electron chi connectivity index (χ3n) is 3.56. The van der Waals surface area contributed by atoms with Crippen molar-refractivity contribution in [3.05, 3.63) is 89.6 Å². The molecular weight excluding hydrogens is 336 g/mol. The summed E-state index contributed by atoms with van der Waals surface area (Å²) in [7, 11) is -3.63. The first-order chi connectivity index (χ1) is 12.1. The van der Waals surface area contributed by atoms with Crippen molar-refractivity contribution in [1.29, 1.82) is 0 Å². The first-order valence-electron chi connectivity index (χ1n) is 7.77. The summed E-state index contributed by atoms with van der Waals surface area (Å²) in [6.07, 6.45) is 4.69. The fraction of sp³-hybridized carbons (Fsp3) is 0.111. The van der Waals surface area contributed by atoms with E-state index in [4.69, 9.17) is 0 Å². The van der Waals surface area contributed by atoms with Gasteiger partial charge in [-0.05, 0) is 17.2 Å². The smallest absolute Gasteiger partial charge is 0.208 e. The first-order valence-corrected chi connectivity index (χ1v) is 9.31. The van der Waals surface area contributed by atoms with Crippen molar-refractivity contribution >= 4 is 16.1 Å². The van der Waals surface area contributed by atoms with Gasteiger partial charge in [0.05, 0.1) is 25.0 Å². The summed E-state index contributed by atoms with van der Waals surface area (Å²) in [6.45, 7) is 0.301. The number of nitrogens with zero attached hydrogens (tertiary/aromatic N) is 3. The molecule has 0 amide bonds. The number of hydrogen-bond donors (Lipinski definition) is 1. The van der Waals surface area contributed by atoms with Crippen molar-refractivity contribution < 1.29 is 8.42 Å². The van der Waals surface area contributed by atoms with Gasteiger partial charge in [0.2, 0.25) is 10.0 Å². The molecule has 0 fully saturated rings. The lowest BCUT2D eigenvalue weighted by Gasteiger charge is -2.17. The topological polar surface area (TPSA) is 76.9 Å². The van der Waals surface area contributed by atoms with E-state index in [2.05, 4.69) is 14.9 Å². The molecule has 0 aliphatic heterocycles. The van der Waals surface area contributed by atoms with Crippen LogP contribution in [0.25, 0.3) is 6.08 Å². The highest BCUT2D eigenvalue weighted by Gasteiger charge is 2.18. The molecule has 1 N–H and O–H groups in total. The van der Waals surface area contributed by atoms with E-state index in [9.17, 15) is 8.42 Å². The van der Waals surface area contributed by atoms with Crippen LogP contribution in [0.2, 0.25) is 0 Å². The van der Waals surface area contributed by atoms with Crippen LogP contribution in [-0.2, 0) is 16.6 Å². The van der Waals surface area contributed by atoms with Gasteiger partial charge in [-0.3, -0.25) is 0 Å². The molecule has 1 unspecified atom stereocenters. The molecule has 0 aliphatic rings. The van der Waals surface area contributed by atoms with E-state index < -0.39 is 16.1 Å². The normalized spacial score (nSPS) is 13.1. The zero-order chi connectivity index (χ0) is 17.5. The van der Waals surface area contributed by atoms with Gasteiger partial charge in [-0.25, -0.2) is 13.1 Å². The number of rotatable bonds is 7. The van der Waals surface area contributed by atoms with Crippen LogP contribution in [0.15, 0.2) is 78.5 Å². The van der Waals surface area contributed by atoms with Crippen LogP contribution >= 0.6 is 0 Å². The van der Waals surface area contributed by atoms with E-state index in [1.165, 1.54) is 10.2 Å². The van der Waals surface area contributed by atoms with Gasteiger partial charge in [0.1, 0.15) is 0 Å². The zero-order valence-corrected chi connectivity index (χ0v) is 14.3. The standard InChI is InChI=1S/C18H18N4O2S/c23-25(24,14-11-16-7-3-1-4-8-16)21-18(15-22-19-12-13-20-22)17-9-5-2-6-10-17/h1-14,18,21H,15H2. The van der Waals surface area contributed by atoms with E-state index in [1.54, 1.807) is 18.5 Å². The average Bonchev–Trinajstić information content (AvgIpc) is 3.14. The summed E-state index contributed by atoms with van der Waals surface area (Å²) in [5.41, 5.74) is 1.66. The Morgan fingerprint density at radius 1 is 0.960 bits per heavy atom. The van der Waals surface area contributed by atoms with Crippen molar-refractivity contribution in [3.63, 3.8) is 0 Å². The van der Waals surface area contributed by atoms with E-state index in [0.717, 1.165) is 11.1 Å². The molecule has 0 saturated carbocycles. The van der Waals surface area contributed by atoms with Crippen LogP contribution in [0.5, 0.6) is 0 Å². The molecule has 128 valence electrons. The van der Waals surface area contributed by atoms with Gasteiger partial charge < -0.3 is 0 Å². The van der Waals surface area contributed by atoms with Crippen molar-refractivity contribution in [2.45, 2.75) is 12.6 Å². The molecule has 0 radical (unpaired) electrons. The summed E-state index contributed by atoms with van der Waals surface area (Å²) in [4.78, 5) is 1.46. The molecule has 0 saturated heterocycles. The minimum atomic E-state index is -3.63. The predicted octanol–water partition coefficient (Wildman–Crippen LogP) is 2.61. The van der Waals surface area contributed by atoms with Crippen molar-refractivity contribution in [2.24, 2.45) is 0 Å². The molecule has 3 rings (SSSR count). The van der Waals surface area contributed by atoms with Crippen LogP contribution in [0.3, 0.4) is 0 Å². The van der Waals surface area contributed by atoms with Crippen molar-refractivity contribution in [3.8, 4) is 0 Å². The fourth-order valence-electron chi connectivity index (χ4n) is 2.37.